The van der Waals surface area contributed by atoms with Crippen LogP contribution in [0.3, 0.4) is 0 Å². The molecule has 51 nitrogen and oxygen atoms in total. The predicted octanol–water partition coefficient (Wildman–Crippen LogP) is -2.84. The van der Waals surface area contributed by atoms with E-state index in [1.165, 1.54) is 21.3 Å². The maximum atomic E-state index is 13.1. The van der Waals surface area contributed by atoms with Crippen LogP contribution < -0.4 is 48.0 Å². The summed E-state index contributed by atoms with van der Waals surface area (Å²) in [5.74, 6) is 1.38. The van der Waals surface area contributed by atoms with Crippen molar-refractivity contribution in [1.82, 2.24) is 42.9 Å². The molecular formula is C54H63N9O42P6. The smallest absolute Gasteiger partial charge is 0.481 e. The maximum Gasteiger partial charge on any atom is 0.481 e. The van der Waals surface area contributed by atoms with E-state index in [-0.39, 0.29) is 36.7 Å². The number of methoxy groups -OCH3 is 3. The Kier molecular flexibility index (Phi) is 26.1. The number of hydrogen-bond acceptors (Lipinski definition) is 36. The normalized spacial score (nSPS) is 23.8. The number of fused-ring (bicyclic) bond motifs is 3. The maximum absolute atomic E-state index is 13.1. The van der Waals surface area contributed by atoms with E-state index >= 15 is 0 Å². The number of aliphatic hydroxyl groups excluding tert-OH is 6. The van der Waals surface area contributed by atoms with Gasteiger partial charge in [0.1, 0.15) is 83.5 Å². The summed E-state index contributed by atoms with van der Waals surface area (Å²) >= 11 is 0. The molecule has 3 fully saturated rings. The number of para-hydroxylation sites is 1. The number of hydrogen-bond donors (Lipinski definition) is 15. The van der Waals surface area contributed by atoms with Gasteiger partial charge in [0.05, 0.1) is 71.6 Å². The largest absolute Gasteiger partial charge is 0.497 e. The van der Waals surface area contributed by atoms with Gasteiger partial charge in [0, 0.05) is 48.2 Å². The lowest BCUT2D eigenvalue weighted by Gasteiger charge is -2.19. The Morgan fingerprint density at radius 2 is 0.748 bits per heavy atom. The summed E-state index contributed by atoms with van der Waals surface area (Å²) in [6.45, 7) is -3.84. The van der Waals surface area contributed by atoms with Gasteiger partial charge in [-0.25, -0.2) is 41.8 Å². The molecule has 57 heteroatoms. The highest BCUT2D eigenvalue weighted by Gasteiger charge is 2.49. The second-order valence-corrected chi connectivity index (χ2v) is 31.9. The Hall–Kier alpha value is -8.07. The van der Waals surface area contributed by atoms with E-state index in [1.54, 1.807) is 54.6 Å². The molecule has 0 radical (unpaired) electrons. The Morgan fingerprint density at radius 1 is 0.396 bits per heavy atom. The van der Waals surface area contributed by atoms with Gasteiger partial charge in [-0.2, -0.15) is 12.9 Å². The lowest BCUT2D eigenvalue weighted by atomic mass is 10.1. The van der Waals surface area contributed by atoms with Crippen LogP contribution in [-0.2, 0) is 87.7 Å². The fourth-order valence-electron chi connectivity index (χ4n) is 11.0. The van der Waals surface area contributed by atoms with Crippen molar-refractivity contribution in [2.75, 3.05) is 41.2 Å². The van der Waals surface area contributed by atoms with Gasteiger partial charge in [-0.1, -0.05) is 21.5 Å². The van der Waals surface area contributed by atoms with Gasteiger partial charge in [0.25, 0.3) is 16.7 Å². The predicted molar refractivity (Wildman–Crippen MR) is 358 cm³/mol. The van der Waals surface area contributed by atoms with E-state index in [2.05, 4.69) is 42.0 Å². The topological polar surface area (TPSA) is 727 Å². The molecule has 3 aliphatic rings. The van der Waals surface area contributed by atoms with E-state index in [1.807, 2.05) is 0 Å². The van der Waals surface area contributed by atoms with E-state index in [9.17, 15) is 101 Å². The molecule has 0 aliphatic carbocycles. The van der Waals surface area contributed by atoms with Crippen LogP contribution >= 0.6 is 46.9 Å². The number of rotatable bonds is 27. The molecule has 6 aromatic heterocycles. The Morgan fingerprint density at radius 3 is 1.13 bits per heavy atom. The zero-order valence-corrected chi connectivity index (χ0v) is 61.6. The number of phosphoric ester groups is 3. The molecule has 3 aromatic carbocycles. The fourth-order valence-corrected chi connectivity index (χ4v) is 15.8. The van der Waals surface area contributed by atoms with Gasteiger partial charge < -0.3 is 117 Å². The number of nitrogens with zero attached hydrogens (tertiary/aromatic N) is 9. The third-order valence-corrected chi connectivity index (χ3v) is 22.6. The second kappa shape index (κ2) is 33.9. The van der Waals surface area contributed by atoms with Gasteiger partial charge in [0.15, 0.2) is 35.6 Å². The molecule has 15 N–H and O–H groups in total. The molecule has 111 heavy (non-hydrogen) atoms. The summed E-state index contributed by atoms with van der Waals surface area (Å²) in [5, 5.41) is 75.3. The Labute approximate surface area is 613 Å². The highest BCUT2D eigenvalue weighted by Crippen LogP contribution is 2.60. The van der Waals surface area contributed by atoms with Gasteiger partial charge >= 0.3 is 64.0 Å². The van der Waals surface area contributed by atoms with E-state index in [0.29, 0.717) is 50.2 Å². The summed E-state index contributed by atoms with van der Waals surface area (Å²) in [7, 11) is -27.6. The van der Waals surface area contributed by atoms with Crippen molar-refractivity contribution in [2.45, 2.75) is 93.3 Å². The lowest BCUT2D eigenvalue weighted by molar-refractivity contribution is -0.0548. The Balaban J connectivity index is 0.000000177. The number of aromatic nitrogens is 9. The first kappa shape index (κ1) is 85.4. The molecule has 9 heterocycles. The van der Waals surface area contributed by atoms with E-state index in [4.69, 9.17) is 71.4 Å². The zero-order chi connectivity index (χ0) is 81.4. The minimum atomic E-state index is -5.38. The van der Waals surface area contributed by atoms with E-state index in [0.717, 1.165) is 64.2 Å². The molecule has 3 aliphatic heterocycles. The monoisotopic (exact) mass is 1700 g/mol. The molecule has 606 valence electrons. The van der Waals surface area contributed by atoms with Crippen LogP contribution in [0.15, 0.2) is 134 Å². The van der Waals surface area contributed by atoms with E-state index < -0.39 is 174 Å². The number of ether oxygens (including phenoxy) is 6. The first-order chi connectivity index (χ1) is 51.9. The minimum Gasteiger partial charge on any atom is -0.497 e. The molecule has 3 saturated heterocycles. The van der Waals surface area contributed by atoms with Crippen LogP contribution in [-0.4, -0.2) is 214 Å². The fraction of sp³-hybridized carbons (Fsp3) is 0.389. The summed E-state index contributed by atoms with van der Waals surface area (Å²) < 4.78 is 144. The van der Waals surface area contributed by atoms with Gasteiger partial charge in [-0.05, 0) is 42.5 Å². The average Bonchev–Trinajstić information content (AvgIpc) is 1.67. The van der Waals surface area contributed by atoms with Crippen molar-refractivity contribution in [3.05, 3.63) is 171 Å². The molecule has 0 amide bonds. The van der Waals surface area contributed by atoms with Crippen LogP contribution in [0.25, 0.3) is 32.9 Å². The summed E-state index contributed by atoms with van der Waals surface area (Å²) in [6.07, 6.45) is -16.8. The number of benzene rings is 3. The van der Waals surface area contributed by atoms with Crippen molar-refractivity contribution in [3.63, 3.8) is 0 Å². The summed E-state index contributed by atoms with van der Waals surface area (Å²) in [6, 6.07) is 17.6. The highest BCUT2D eigenvalue weighted by molar-refractivity contribution is 7.61. The van der Waals surface area contributed by atoms with Crippen LogP contribution in [0, 0.1) is 0 Å². The number of phosphoric acid groups is 6. The zero-order valence-electron chi connectivity index (χ0n) is 56.3. The van der Waals surface area contributed by atoms with Crippen molar-refractivity contribution < 1.29 is 171 Å². The summed E-state index contributed by atoms with van der Waals surface area (Å²) in [5.41, 5.74) is -3.28. The third-order valence-electron chi connectivity index (χ3n) is 16.1. The molecule has 9 aromatic rings. The quantitative estimate of drug-likeness (QED) is 0.0231. The van der Waals surface area contributed by atoms with Gasteiger partial charge in [0.2, 0.25) is 5.58 Å². The third kappa shape index (κ3) is 20.3. The standard InChI is InChI=1S/3C18H21N3O14P2/c1-31-9-2-3-12-10(6-9)11(19-34-12)7-21-14(22)4-5-20(18(21)25)17-16(24)15(23)13(33-17)8-32-37(29,30)35-36(26,27)28;1-31-9-2-3-10-11(19-34-12(10)6-9)7-21-14(22)4-5-20(18(21)25)17-16(24)15(23)13(33-17)8-32-37(29,30)35-36(26,27)28;1-31-11-4-2-3-9-10(19-34-16(9)11)7-21-13(22)5-6-20(18(21)25)17-15(24)14(23)12(33-17)8-32-37(29,30)35-36(26,27)28/h2*2-6,13,15-17,23-24H,7-8H2,1H3,(H,29,30)(H2,26,27,28);2-6,12,14-15,17,23-24H,7-8H2,1H3,(H,29,30)(H2,26,27,28)/t2*13-,15+,16?,17-;12-,14+,15?,17-/m111/s1. The van der Waals surface area contributed by atoms with Crippen LogP contribution in [0.1, 0.15) is 35.8 Å². The molecular weight excluding hydrogens is 1630 g/mol. The molecule has 0 bridgehead atoms. The Bertz CT molecular complexity index is 5450. The van der Waals surface area contributed by atoms with Crippen LogP contribution in [0.5, 0.6) is 17.2 Å². The lowest BCUT2D eigenvalue weighted by Crippen LogP contribution is -2.43. The SMILES string of the molecule is COc1ccc2c(Cn3c(=O)ccn([C@@H]4O[C@H](COP(=O)(O)OP(=O)(O)O)[C@H](O)C4O)c3=O)noc2c1.COc1ccc2onc(Cn3c(=O)ccn([C@@H]4O[C@H](COP(=O)(O)OP(=O)(O)O)[C@H](O)C4O)c3=O)c2c1.COc1cccc2c(Cn3c(=O)ccn([C@@H]4O[C@H](COP(=O)(O)OP(=O)(O)O)[C@H](O)C4O)c3=O)noc12. The van der Waals surface area contributed by atoms with Crippen molar-refractivity contribution in [2.24, 2.45) is 0 Å². The first-order valence-electron chi connectivity index (χ1n) is 30.9. The second-order valence-electron chi connectivity index (χ2n) is 23.4. The minimum absolute atomic E-state index is 0.230. The van der Waals surface area contributed by atoms with Gasteiger partial charge in [-0.15, -0.1) is 0 Å². The average molecular weight is 1700 g/mol. The highest BCUT2D eigenvalue weighted by atomic mass is 31.3. The number of aliphatic hydroxyl groups is 6. The summed E-state index contributed by atoms with van der Waals surface area (Å²) in [4.78, 5) is 157. The molecule has 15 atom stereocenters. The van der Waals surface area contributed by atoms with Crippen LogP contribution in [0.2, 0.25) is 0 Å². The van der Waals surface area contributed by atoms with Crippen molar-refractivity contribution in [1.29, 1.82) is 0 Å². The van der Waals surface area contributed by atoms with Gasteiger partial charge in [-0.3, -0.25) is 55.4 Å². The van der Waals surface area contributed by atoms with Crippen molar-refractivity contribution in [3.8, 4) is 17.2 Å². The van der Waals surface area contributed by atoms with Crippen molar-refractivity contribution >= 4 is 79.8 Å². The van der Waals surface area contributed by atoms with Crippen LogP contribution in [0.4, 0.5) is 0 Å². The first-order valence-corrected chi connectivity index (χ1v) is 40.0. The molecule has 0 spiro atoms. The molecule has 6 unspecified atom stereocenters. The molecule has 0 saturated carbocycles. The molecule has 12 rings (SSSR count).